The molecule has 0 aliphatic carbocycles. The van der Waals surface area contributed by atoms with Crippen molar-refractivity contribution < 1.29 is 0 Å². The van der Waals surface area contributed by atoms with Gasteiger partial charge in [-0.2, -0.15) is 0 Å². The smallest absolute Gasteiger partial charge is 0.0928 e. The largest absolute Gasteiger partial charge is 0.341 e. The van der Waals surface area contributed by atoms with E-state index in [1.54, 1.807) is 0 Å². The molecule has 0 saturated carbocycles. The van der Waals surface area contributed by atoms with Crippen molar-refractivity contribution >= 4 is 11.4 Å². The summed E-state index contributed by atoms with van der Waals surface area (Å²) >= 11 is 0. The van der Waals surface area contributed by atoms with Crippen LogP contribution in [0.3, 0.4) is 0 Å². The highest BCUT2D eigenvalue weighted by Gasteiger charge is 2.23. The molecule has 2 aromatic carbocycles. The molecule has 0 atom stereocenters. The Kier molecular flexibility index (Phi) is 9.52. The van der Waals surface area contributed by atoms with Gasteiger partial charge in [0.15, 0.2) is 0 Å². The number of benzene rings is 2. The van der Waals surface area contributed by atoms with Gasteiger partial charge < -0.3 is 14.7 Å². The third kappa shape index (κ3) is 7.03. The molecular formula is C26H40N4. The van der Waals surface area contributed by atoms with Crippen LogP contribution < -0.4 is 9.80 Å². The lowest BCUT2D eigenvalue weighted by molar-refractivity contribution is 0.208. The van der Waals surface area contributed by atoms with Crippen LogP contribution in [0.2, 0.25) is 0 Å². The van der Waals surface area contributed by atoms with E-state index in [2.05, 4.69) is 94.1 Å². The lowest BCUT2D eigenvalue weighted by Crippen LogP contribution is -2.55. The second-order valence-electron chi connectivity index (χ2n) is 8.47. The van der Waals surface area contributed by atoms with E-state index in [1.807, 2.05) is 0 Å². The van der Waals surface area contributed by atoms with Gasteiger partial charge in [0.05, 0.1) is 20.0 Å². The third-order valence-corrected chi connectivity index (χ3v) is 5.93. The average Bonchev–Trinajstić information content (AvgIpc) is 2.81. The molecule has 0 aromatic heterocycles. The van der Waals surface area contributed by atoms with Gasteiger partial charge >= 0.3 is 0 Å². The quantitative estimate of drug-likeness (QED) is 0.461. The number of anilines is 2. The van der Waals surface area contributed by atoms with Gasteiger partial charge in [-0.05, 0) is 63.2 Å². The molecular weight excluding hydrogens is 368 g/mol. The summed E-state index contributed by atoms with van der Waals surface area (Å²) in [4.78, 5) is 10.3. The number of hydrogen-bond donors (Lipinski definition) is 0. The van der Waals surface area contributed by atoms with E-state index in [0.717, 1.165) is 26.6 Å². The number of para-hydroxylation sites is 2. The molecule has 1 saturated heterocycles. The fourth-order valence-corrected chi connectivity index (χ4v) is 4.19. The highest BCUT2D eigenvalue weighted by Crippen LogP contribution is 2.23. The molecule has 0 unspecified atom stereocenters. The van der Waals surface area contributed by atoms with E-state index < -0.39 is 0 Å². The Bertz CT molecular complexity index is 635. The van der Waals surface area contributed by atoms with Crippen molar-refractivity contribution in [3.63, 3.8) is 0 Å². The first-order chi connectivity index (χ1) is 14.8. The molecule has 164 valence electrons. The van der Waals surface area contributed by atoms with Gasteiger partial charge in [-0.15, -0.1) is 0 Å². The normalized spacial score (nSPS) is 15.2. The van der Waals surface area contributed by atoms with Gasteiger partial charge in [-0.1, -0.05) is 63.1 Å². The van der Waals surface area contributed by atoms with Gasteiger partial charge in [0.25, 0.3) is 0 Å². The molecule has 1 fully saturated rings. The van der Waals surface area contributed by atoms with Crippen molar-refractivity contribution in [2.45, 2.75) is 46.0 Å². The maximum Gasteiger partial charge on any atom is 0.0928 e. The summed E-state index contributed by atoms with van der Waals surface area (Å²) in [5, 5.41) is 0. The van der Waals surface area contributed by atoms with Crippen molar-refractivity contribution in [2.75, 3.05) is 56.0 Å². The molecule has 3 rings (SSSR count). The zero-order valence-corrected chi connectivity index (χ0v) is 19.0. The topological polar surface area (TPSA) is 13.0 Å². The molecule has 0 N–H and O–H groups in total. The van der Waals surface area contributed by atoms with Crippen LogP contribution in [-0.4, -0.2) is 56.0 Å². The van der Waals surface area contributed by atoms with Crippen molar-refractivity contribution in [1.29, 1.82) is 0 Å². The maximum absolute atomic E-state index is 2.68. The summed E-state index contributed by atoms with van der Waals surface area (Å²) in [6.07, 6.45) is 6.44. The summed E-state index contributed by atoms with van der Waals surface area (Å²) < 4.78 is 0. The fraction of sp³-hybridized carbons (Fsp3) is 0.538. The summed E-state index contributed by atoms with van der Waals surface area (Å²) in [5.74, 6) is 0. The van der Waals surface area contributed by atoms with Crippen molar-refractivity contribution in [2.24, 2.45) is 0 Å². The van der Waals surface area contributed by atoms with Gasteiger partial charge in [-0.25, -0.2) is 0 Å². The Morgan fingerprint density at radius 2 is 1.10 bits per heavy atom. The molecule has 2 aromatic rings. The summed E-state index contributed by atoms with van der Waals surface area (Å²) in [6.45, 7) is 12.4. The molecule has 1 aliphatic rings. The lowest BCUT2D eigenvalue weighted by Gasteiger charge is -2.44. The van der Waals surface area contributed by atoms with Crippen LogP contribution in [0.4, 0.5) is 11.4 Å². The number of hydrogen-bond acceptors (Lipinski definition) is 4. The van der Waals surface area contributed by atoms with E-state index in [9.17, 15) is 0 Å². The van der Waals surface area contributed by atoms with Crippen LogP contribution in [-0.2, 0) is 0 Å². The van der Waals surface area contributed by atoms with E-state index in [1.165, 1.54) is 63.1 Å². The minimum atomic E-state index is 0.934. The summed E-state index contributed by atoms with van der Waals surface area (Å²) in [5.41, 5.74) is 2.60. The lowest BCUT2D eigenvalue weighted by atomic mass is 10.2. The minimum absolute atomic E-state index is 0.934. The molecule has 0 amide bonds. The summed E-state index contributed by atoms with van der Waals surface area (Å²) in [6, 6.07) is 21.7. The molecule has 4 nitrogen and oxygen atoms in total. The average molecular weight is 409 g/mol. The fourth-order valence-electron chi connectivity index (χ4n) is 4.19. The first-order valence-electron chi connectivity index (χ1n) is 11.8. The summed E-state index contributed by atoms with van der Waals surface area (Å²) in [7, 11) is 0. The predicted octanol–water partition coefficient (Wildman–Crippen LogP) is 5.48. The monoisotopic (exact) mass is 408 g/mol. The van der Waals surface area contributed by atoms with Crippen molar-refractivity contribution in [1.82, 2.24) is 9.80 Å². The molecule has 0 spiro atoms. The first kappa shape index (κ1) is 22.6. The van der Waals surface area contributed by atoms with Crippen LogP contribution in [0.5, 0.6) is 0 Å². The molecule has 1 aliphatic heterocycles. The van der Waals surface area contributed by atoms with Crippen molar-refractivity contribution in [3.05, 3.63) is 60.7 Å². The highest BCUT2D eigenvalue weighted by atomic mass is 15.5. The SMILES string of the molecule is CCCCN(CCCC)CCCN1CN(c2ccccc2)CN(c2ccccc2)C1. The van der Waals surface area contributed by atoms with Gasteiger partial charge in [0.2, 0.25) is 0 Å². The zero-order chi connectivity index (χ0) is 21.0. The van der Waals surface area contributed by atoms with Crippen LogP contribution in [0.25, 0.3) is 0 Å². The Labute approximate surface area is 184 Å². The first-order valence-corrected chi connectivity index (χ1v) is 11.8. The van der Waals surface area contributed by atoms with E-state index in [-0.39, 0.29) is 0 Å². The standard InChI is InChI=1S/C26H40N4/c1-3-5-18-27(19-6-4-2)20-13-21-28-22-29(25-14-9-7-10-15-25)24-30(23-28)26-16-11-8-12-17-26/h7-12,14-17H,3-6,13,18-24H2,1-2H3. The number of nitrogens with zero attached hydrogens (tertiary/aromatic N) is 4. The molecule has 4 heteroatoms. The van der Waals surface area contributed by atoms with E-state index in [4.69, 9.17) is 0 Å². The Balaban J connectivity index is 1.60. The Hall–Kier alpha value is -2.04. The van der Waals surface area contributed by atoms with E-state index in [0.29, 0.717) is 0 Å². The number of rotatable bonds is 12. The highest BCUT2D eigenvalue weighted by molar-refractivity contribution is 5.52. The van der Waals surface area contributed by atoms with E-state index >= 15 is 0 Å². The van der Waals surface area contributed by atoms with Gasteiger partial charge in [0, 0.05) is 17.9 Å². The predicted molar refractivity (Wildman–Crippen MR) is 130 cm³/mol. The second-order valence-corrected chi connectivity index (χ2v) is 8.47. The Morgan fingerprint density at radius 1 is 0.633 bits per heavy atom. The third-order valence-electron chi connectivity index (χ3n) is 5.93. The molecule has 30 heavy (non-hydrogen) atoms. The van der Waals surface area contributed by atoms with Crippen LogP contribution in [0.15, 0.2) is 60.7 Å². The zero-order valence-electron chi connectivity index (χ0n) is 19.0. The maximum atomic E-state index is 2.68. The Morgan fingerprint density at radius 3 is 1.57 bits per heavy atom. The molecule has 1 heterocycles. The van der Waals surface area contributed by atoms with Crippen LogP contribution in [0, 0.1) is 0 Å². The van der Waals surface area contributed by atoms with Gasteiger partial charge in [-0.3, -0.25) is 4.90 Å². The molecule has 0 radical (unpaired) electrons. The van der Waals surface area contributed by atoms with Gasteiger partial charge in [0.1, 0.15) is 0 Å². The van der Waals surface area contributed by atoms with Crippen LogP contribution >= 0.6 is 0 Å². The van der Waals surface area contributed by atoms with Crippen LogP contribution in [0.1, 0.15) is 46.0 Å². The second kappa shape index (κ2) is 12.6. The number of unbranched alkanes of at least 4 members (excludes halogenated alkanes) is 2. The molecule has 0 bridgehead atoms. The van der Waals surface area contributed by atoms with Crippen molar-refractivity contribution in [3.8, 4) is 0 Å². The minimum Gasteiger partial charge on any atom is -0.341 e.